The Balaban J connectivity index is 2.16. The Morgan fingerprint density at radius 1 is 0.783 bits per heavy atom. The summed E-state index contributed by atoms with van der Waals surface area (Å²) in [5.74, 6) is 0. The van der Waals surface area contributed by atoms with Crippen LogP contribution in [0.3, 0.4) is 0 Å². The maximum Gasteiger partial charge on any atom is 0.214 e. The smallest absolute Gasteiger partial charge is 0.214 e. The number of aryl methyl sites for hydroxylation is 5. The second-order valence-corrected chi connectivity index (χ2v) is 6.27. The molecule has 2 heteroatoms. The Morgan fingerprint density at radius 3 is 2.04 bits per heavy atom. The van der Waals surface area contributed by atoms with E-state index in [0.29, 0.717) is 0 Å². The quantitative estimate of drug-likeness (QED) is 0.638. The Hall–Kier alpha value is -2.48. The maximum absolute atomic E-state index is 4.45. The average Bonchev–Trinajstić information content (AvgIpc) is 2.49. The summed E-state index contributed by atoms with van der Waals surface area (Å²) in [6.07, 6.45) is 4.09. The highest BCUT2D eigenvalue weighted by Gasteiger charge is 2.17. The van der Waals surface area contributed by atoms with Gasteiger partial charge in [-0.3, -0.25) is 4.98 Å². The highest BCUT2D eigenvalue weighted by molar-refractivity contribution is 5.71. The number of nitrogens with zero attached hydrogens (tertiary/aromatic N) is 2. The van der Waals surface area contributed by atoms with Gasteiger partial charge in [0, 0.05) is 17.8 Å². The molecule has 116 valence electrons. The van der Waals surface area contributed by atoms with Gasteiger partial charge in [-0.25, -0.2) is 4.57 Å². The molecule has 0 saturated heterocycles. The predicted molar refractivity (Wildman–Crippen MR) is 95.2 cm³/mol. The van der Waals surface area contributed by atoms with Gasteiger partial charge in [-0.1, -0.05) is 18.2 Å². The Labute approximate surface area is 138 Å². The maximum atomic E-state index is 4.45. The van der Waals surface area contributed by atoms with Crippen molar-refractivity contribution in [2.24, 2.45) is 7.05 Å². The van der Waals surface area contributed by atoms with Crippen molar-refractivity contribution in [1.82, 2.24) is 4.98 Å². The number of hydrogen-bond donors (Lipinski definition) is 0. The van der Waals surface area contributed by atoms with Crippen LogP contribution in [0.15, 0.2) is 48.8 Å². The third-order valence-electron chi connectivity index (χ3n) is 4.51. The fourth-order valence-corrected chi connectivity index (χ4v) is 3.37. The molecule has 0 aliphatic rings. The lowest BCUT2D eigenvalue weighted by atomic mass is 9.96. The van der Waals surface area contributed by atoms with E-state index in [2.05, 4.69) is 86.9 Å². The van der Waals surface area contributed by atoms with E-state index in [9.17, 15) is 0 Å². The van der Waals surface area contributed by atoms with Gasteiger partial charge in [0.15, 0.2) is 6.20 Å². The minimum atomic E-state index is 1.07. The summed E-state index contributed by atoms with van der Waals surface area (Å²) in [7, 11) is 2.11. The van der Waals surface area contributed by atoms with Gasteiger partial charge in [-0.2, -0.15) is 0 Å². The van der Waals surface area contributed by atoms with Crippen molar-refractivity contribution < 1.29 is 4.57 Å². The second-order valence-electron chi connectivity index (χ2n) is 6.27. The fraction of sp³-hybridized carbons (Fsp3) is 0.238. The molecular formula is C21H23N2+. The van der Waals surface area contributed by atoms with Gasteiger partial charge in [0.25, 0.3) is 0 Å². The van der Waals surface area contributed by atoms with Crippen molar-refractivity contribution >= 4 is 0 Å². The summed E-state index contributed by atoms with van der Waals surface area (Å²) in [4.78, 5) is 4.45. The summed E-state index contributed by atoms with van der Waals surface area (Å²) in [6, 6.07) is 13.0. The van der Waals surface area contributed by atoms with Gasteiger partial charge in [-0.05, 0) is 62.1 Å². The van der Waals surface area contributed by atoms with E-state index in [0.717, 1.165) is 5.69 Å². The molecule has 0 amide bonds. The van der Waals surface area contributed by atoms with Gasteiger partial charge < -0.3 is 0 Å². The van der Waals surface area contributed by atoms with Crippen LogP contribution >= 0.6 is 0 Å². The van der Waals surface area contributed by atoms with Gasteiger partial charge in [0.1, 0.15) is 7.05 Å². The Bertz CT molecular complexity index is 839. The number of pyridine rings is 2. The first-order valence-corrected chi connectivity index (χ1v) is 7.98. The number of rotatable bonds is 2. The molecule has 3 rings (SSSR count). The first kappa shape index (κ1) is 15.4. The zero-order chi connectivity index (χ0) is 16.6. The van der Waals surface area contributed by atoms with Gasteiger partial charge in [0.05, 0.1) is 11.3 Å². The minimum absolute atomic E-state index is 1.07. The molecule has 0 fully saturated rings. The van der Waals surface area contributed by atoms with Crippen LogP contribution in [0.1, 0.15) is 22.4 Å². The third-order valence-corrected chi connectivity index (χ3v) is 4.51. The number of benzene rings is 1. The van der Waals surface area contributed by atoms with E-state index in [1.54, 1.807) is 0 Å². The van der Waals surface area contributed by atoms with E-state index >= 15 is 0 Å². The lowest BCUT2D eigenvalue weighted by molar-refractivity contribution is -0.659. The van der Waals surface area contributed by atoms with Crippen molar-refractivity contribution in [2.45, 2.75) is 27.7 Å². The molecule has 0 spiro atoms. The van der Waals surface area contributed by atoms with E-state index in [-0.39, 0.29) is 0 Å². The largest absolute Gasteiger partial charge is 0.261 e. The molecule has 0 atom stereocenters. The van der Waals surface area contributed by atoms with Crippen LogP contribution in [-0.4, -0.2) is 4.98 Å². The van der Waals surface area contributed by atoms with Crippen LogP contribution < -0.4 is 4.57 Å². The SMILES string of the molecule is Cc1cccc(C)c1-c1ccc(-c2c(C)ccnc2C)[n+](C)c1. The topological polar surface area (TPSA) is 16.8 Å². The van der Waals surface area contributed by atoms with Crippen molar-refractivity contribution in [3.8, 4) is 22.4 Å². The predicted octanol–water partition coefficient (Wildman–Crippen LogP) is 4.47. The molecule has 0 bridgehead atoms. The van der Waals surface area contributed by atoms with Crippen LogP contribution in [0.5, 0.6) is 0 Å². The van der Waals surface area contributed by atoms with Crippen molar-refractivity contribution in [3.63, 3.8) is 0 Å². The lowest BCUT2D eigenvalue weighted by Crippen LogP contribution is -2.31. The normalized spacial score (nSPS) is 10.8. The summed E-state index contributed by atoms with van der Waals surface area (Å²) in [6.45, 7) is 8.56. The van der Waals surface area contributed by atoms with Crippen molar-refractivity contribution in [1.29, 1.82) is 0 Å². The zero-order valence-corrected chi connectivity index (χ0v) is 14.5. The fourth-order valence-electron chi connectivity index (χ4n) is 3.37. The lowest BCUT2D eigenvalue weighted by Gasteiger charge is -2.11. The summed E-state index contributed by atoms with van der Waals surface area (Å²) in [5.41, 5.74) is 9.96. The second kappa shape index (κ2) is 5.96. The van der Waals surface area contributed by atoms with Crippen LogP contribution in [-0.2, 0) is 7.05 Å². The monoisotopic (exact) mass is 303 g/mol. The van der Waals surface area contributed by atoms with Gasteiger partial charge >= 0.3 is 0 Å². The zero-order valence-electron chi connectivity index (χ0n) is 14.5. The van der Waals surface area contributed by atoms with Gasteiger partial charge in [0.2, 0.25) is 5.69 Å². The average molecular weight is 303 g/mol. The molecule has 1 aromatic carbocycles. The Morgan fingerprint density at radius 2 is 1.43 bits per heavy atom. The van der Waals surface area contributed by atoms with Crippen LogP contribution in [0.4, 0.5) is 0 Å². The van der Waals surface area contributed by atoms with Crippen molar-refractivity contribution in [2.75, 3.05) is 0 Å². The molecule has 0 N–H and O–H groups in total. The first-order chi connectivity index (χ1) is 11.0. The highest BCUT2D eigenvalue weighted by atomic mass is 14.9. The van der Waals surface area contributed by atoms with E-state index in [1.165, 1.54) is 39.1 Å². The highest BCUT2D eigenvalue weighted by Crippen LogP contribution is 2.28. The molecule has 0 unspecified atom stereocenters. The summed E-state index contributed by atoms with van der Waals surface area (Å²) in [5, 5.41) is 0. The molecule has 0 aliphatic heterocycles. The summed E-state index contributed by atoms with van der Waals surface area (Å²) >= 11 is 0. The van der Waals surface area contributed by atoms with E-state index in [4.69, 9.17) is 0 Å². The molecular weight excluding hydrogens is 280 g/mol. The standard InChI is InChI=1S/C21H23N2/c1-14-7-6-8-15(2)20(14)18-9-10-19(23(5)13-18)21-16(3)11-12-22-17(21)4/h6-13H,1-5H3/q+1. The first-order valence-electron chi connectivity index (χ1n) is 7.98. The molecule has 2 aromatic heterocycles. The number of hydrogen-bond acceptors (Lipinski definition) is 1. The molecule has 2 nitrogen and oxygen atoms in total. The Kier molecular flexibility index (Phi) is 3.99. The van der Waals surface area contributed by atoms with E-state index < -0.39 is 0 Å². The minimum Gasteiger partial charge on any atom is -0.261 e. The molecule has 3 aromatic rings. The van der Waals surface area contributed by atoms with Crippen molar-refractivity contribution in [3.05, 3.63) is 71.2 Å². The van der Waals surface area contributed by atoms with Crippen LogP contribution in [0.25, 0.3) is 22.4 Å². The summed E-state index contributed by atoms with van der Waals surface area (Å²) < 4.78 is 2.21. The van der Waals surface area contributed by atoms with Crippen LogP contribution in [0.2, 0.25) is 0 Å². The molecule has 2 heterocycles. The molecule has 0 radical (unpaired) electrons. The third kappa shape index (κ3) is 2.77. The van der Waals surface area contributed by atoms with Gasteiger partial charge in [-0.15, -0.1) is 0 Å². The van der Waals surface area contributed by atoms with E-state index in [1.807, 2.05) is 6.20 Å². The number of aromatic nitrogens is 2. The molecule has 0 aliphatic carbocycles. The molecule has 23 heavy (non-hydrogen) atoms. The van der Waals surface area contributed by atoms with Crippen LogP contribution in [0, 0.1) is 27.7 Å². The molecule has 0 saturated carbocycles.